The van der Waals surface area contributed by atoms with Crippen molar-refractivity contribution in [2.24, 2.45) is 0 Å². The van der Waals surface area contributed by atoms with Crippen LogP contribution in [0.3, 0.4) is 0 Å². The van der Waals surface area contributed by atoms with Gasteiger partial charge in [0.15, 0.2) is 0 Å². The number of pyridine rings is 1. The number of likely N-dealkylation sites (tertiary alicyclic amines) is 1. The molecule has 0 spiro atoms. The van der Waals surface area contributed by atoms with Gasteiger partial charge >= 0.3 is 5.97 Å². The Morgan fingerprint density at radius 3 is 2.86 bits per heavy atom. The van der Waals surface area contributed by atoms with Crippen LogP contribution in [0.2, 0.25) is 0 Å². The zero-order chi connectivity index (χ0) is 26.2. The van der Waals surface area contributed by atoms with Crippen LogP contribution in [0.5, 0.6) is 11.5 Å². The number of unbranched alkanes of at least 4 members (excludes halogenated alkanes) is 2. The molecule has 0 aliphatic carbocycles. The lowest BCUT2D eigenvalue weighted by Gasteiger charge is -2.26. The van der Waals surface area contributed by atoms with Crippen LogP contribution in [0.25, 0.3) is 0 Å². The molecule has 1 aromatic carbocycles. The first-order valence-corrected chi connectivity index (χ1v) is 13.6. The molecule has 3 heterocycles. The number of rotatable bonds is 13. The van der Waals surface area contributed by atoms with Crippen LogP contribution < -0.4 is 14.8 Å². The molecule has 2 N–H and O–H groups in total. The molecule has 4 rings (SSSR count). The smallest absolute Gasteiger partial charge is 0.325 e. The molecular formula is C29H41N3O5. The number of anilines is 1. The number of hydrogen-bond donors (Lipinski definition) is 2. The van der Waals surface area contributed by atoms with Crippen molar-refractivity contribution in [1.82, 2.24) is 9.88 Å². The Bertz CT molecular complexity index is 1040. The molecule has 2 aliphatic rings. The van der Waals surface area contributed by atoms with E-state index in [1.807, 2.05) is 24.8 Å². The molecule has 0 saturated carbocycles. The molecule has 0 unspecified atom stereocenters. The highest BCUT2D eigenvalue weighted by molar-refractivity contribution is 5.77. The summed E-state index contributed by atoms with van der Waals surface area (Å²) in [5, 5.41) is 13.5. The fourth-order valence-electron chi connectivity index (χ4n) is 5.23. The lowest BCUT2D eigenvalue weighted by Crippen LogP contribution is -2.33. The molecule has 1 fully saturated rings. The second-order valence-electron chi connectivity index (χ2n) is 10.2. The maximum absolute atomic E-state index is 12.3. The van der Waals surface area contributed by atoms with Gasteiger partial charge in [-0.1, -0.05) is 12.5 Å². The van der Waals surface area contributed by atoms with Gasteiger partial charge in [0, 0.05) is 37.5 Å². The van der Waals surface area contributed by atoms with Crippen molar-refractivity contribution < 1.29 is 24.1 Å². The molecule has 0 bridgehead atoms. The fraction of sp³-hybridized carbons (Fsp3) is 0.586. The second-order valence-corrected chi connectivity index (χ2v) is 10.2. The number of aryl methyl sites for hydroxylation is 2. The first kappa shape index (κ1) is 27.2. The molecule has 1 saturated heterocycles. The first-order valence-electron chi connectivity index (χ1n) is 13.6. The quantitative estimate of drug-likeness (QED) is 0.368. The summed E-state index contributed by atoms with van der Waals surface area (Å²) < 4.78 is 17.4. The summed E-state index contributed by atoms with van der Waals surface area (Å²) in [6.07, 6.45) is 7.29. The zero-order valence-corrected chi connectivity index (χ0v) is 22.4. The van der Waals surface area contributed by atoms with E-state index >= 15 is 0 Å². The molecule has 2 aromatic rings. The Labute approximate surface area is 220 Å². The molecule has 0 radical (unpaired) electrons. The van der Waals surface area contributed by atoms with Crippen molar-refractivity contribution in [3.8, 4) is 11.5 Å². The summed E-state index contributed by atoms with van der Waals surface area (Å²) in [6, 6.07) is 8.95. The van der Waals surface area contributed by atoms with Gasteiger partial charge in [-0.05, 0) is 82.2 Å². The molecule has 8 nitrogen and oxygen atoms in total. The standard InChI is InChI=1S/C29H41N3O5/c1-20(2)37-23-12-13-26(35-3)25(18-23)27(29(33)34)32-16-14-24(19-32)36-17-6-4-5-9-22-11-10-21-8-7-15-30-28(21)31-22/h10-13,18,20,24,27H,4-9,14-17,19H2,1-3H3,(H,30,31)(H,33,34)/t24-,27+/m1/s1. The third-order valence-electron chi connectivity index (χ3n) is 7.03. The number of methoxy groups -OCH3 is 1. The van der Waals surface area contributed by atoms with Gasteiger partial charge in [0.05, 0.1) is 19.3 Å². The van der Waals surface area contributed by atoms with Crippen molar-refractivity contribution in [3.05, 3.63) is 47.2 Å². The number of nitrogens with one attached hydrogen (secondary N) is 1. The van der Waals surface area contributed by atoms with Crippen LogP contribution in [0.4, 0.5) is 5.82 Å². The van der Waals surface area contributed by atoms with Crippen LogP contribution in [-0.4, -0.2) is 66.5 Å². The first-order chi connectivity index (χ1) is 17.9. The molecular weight excluding hydrogens is 470 g/mol. The highest BCUT2D eigenvalue weighted by atomic mass is 16.5. The van der Waals surface area contributed by atoms with Crippen molar-refractivity contribution in [2.45, 2.75) is 77.0 Å². The van der Waals surface area contributed by atoms with Crippen LogP contribution in [0.15, 0.2) is 30.3 Å². The lowest BCUT2D eigenvalue weighted by atomic mass is 10.0. The molecule has 0 amide bonds. The minimum absolute atomic E-state index is 0.000329. The minimum Gasteiger partial charge on any atom is -0.496 e. The van der Waals surface area contributed by atoms with Crippen LogP contribution in [0, 0.1) is 0 Å². The number of aliphatic carboxylic acids is 1. The van der Waals surface area contributed by atoms with Crippen LogP contribution in [-0.2, 0) is 22.4 Å². The number of carboxylic acids is 1. The molecule has 8 heteroatoms. The topological polar surface area (TPSA) is 93.2 Å². The maximum Gasteiger partial charge on any atom is 0.325 e. The molecule has 2 atom stereocenters. The predicted octanol–water partition coefficient (Wildman–Crippen LogP) is 4.87. The number of nitrogens with zero attached hydrogens (tertiary/aromatic N) is 2. The monoisotopic (exact) mass is 511 g/mol. The molecule has 2 aliphatic heterocycles. The Kier molecular flexibility index (Phi) is 9.63. The van der Waals surface area contributed by atoms with E-state index in [9.17, 15) is 9.90 Å². The summed E-state index contributed by atoms with van der Waals surface area (Å²) in [7, 11) is 1.56. The van der Waals surface area contributed by atoms with Crippen LogP contribution in [0.1, 0.15) is 68.8 Å². The normalized spacial score (nSPS) is 18.3. The van der Waals surface area contributed by atoms with Gasteiger partial charge in [-0.15, -0.1) is 0 Å². The number of carboxylic acid groups (broad SMARTS) is 1. The number of fused-ring (bicyclic) bond motifs is 1. The van der Waals surface area contributed by atoms with Gasteiger partial charge < -0.3 is 24.6 Å². The third-order valence-corrected chi connectivity index (χ3v) is 7.03. The number of carbonyl (C=O) groups is 1. The number of ether oxygens (including phenoxy) is 3. The van der Waals surface area contributed by atoms with Crippen molar-refractivity contribution in [2.75, 3.05) is 38.7 Å². The summed E-state index contributed by atoms with van der Waals surface area (Å²) in [6.45, 7) is 6.85. The Balaban J connectivity index is 1.23. The molecule has 37 heavy (non-hydrogen) atoms. The van der Waals surface area contributed by atoms with E-state index < -0.39 is 12.0 Å². The average molecular weight is 512 g/mol. The van der Waals surface area contributed by atoms with Gasteiger partial charge in [-0.2, -0.15) is 0 Å². The summed E-state index contributed by atoms with van der Waals surface area (Å²) in [5.74, 6) is 1.36. The van der Waals surface area contributed by atoms with Crippen molar-refractivity contribution in [1.29, 1.82) is 0 Å². The number of hydrogen-bond acceptors (Lipinski definition) is 7. The van der Waals surface area contributed by atoms with E-state index in [1.54, 1.807) is 19.2 Å². The fourth-order valence-corrected chi connectivity index (χ4v) is 5.23. The molecule has 202 valence electrons. The van der Waals surface area contributed by atoms with E-state index in [0.717, 1.165) is 56.6 Å². The maximum atomic E-state index is 12.3. The van der Waals surface area contributed by atoms with E-state index in [4.69, 9.17) is 19.2 Å². The summed E-state index contributed by atoms with van der Waals surface area (Å²) >= 11 is 0. The van der Waals surface area contributed by atoms with Gasteiger partial charge in [0.25, 0.3) is 0 Å². The van der Waals surface area contributed by atoms with Crippen LogP contribution >= 0.6 is 0 Å². The van der Waals surface area contributed by atoms with Gasteiger partial charge in [-0.25, -0.2) is 4.98 Å². The average Bonchev–Trinajstić information content (AvgIpc) is 3.34. The second kappa shape index (κ2) is 13.1. The zero-order valence-electron chi connectivity index (χ0n) is 22.4. The number of benzene rings is 1. The SMILES string of the molecule is COc1ccc(OC(C)C)cc1[C@@H](C(=O)O)N1CC[C@@H](OCCCCCc2ccc3c(n2)NCCC3)C1. The van der Waals surface area contributed by atoms with Crippen molar-refractivity contribution in [3.63, 3.8) is 0 Å². The summed E-state index contributed by atoms with van der Waals surface area (Å²) in [5.41, 5.74) is 3.09. The lowest BCUT2D eigenvalue weighted by molar-refractivity contribution is -0.143. The Morgan fingerprint density at radius 2 is 2.08 bits per heavy atom. The Morgan fingerprint density at radius 1 is 1.22 bits per heavy atom. The van der Waals surface area contributed by atoms with E-state index in [1.165, 1.54) is 12.0 Å². The minimum atomic E-state index is -0.897. The highest BCUT2D eigenvalue weighted by Gasteiger charge is 2.36. The predicted molar refractivity (Wildman–Crippen MR) is 144 cm³/mol. The van der Waals surface area contributed by atoms with Gasteiger partial charge in [-0.3, -0.25) is 9.69 Å². The molecule has 1 aromatic heterocycles. The Hall–Kier alpha value is -2.84. The highest BCUT2D eigenvalue weighted by Crippen LogP contribution is 2.35. The largest absolute Gasteiger partial charge is 0.496 e. The third kappa shape index (κ3) is 7.36. The van der Waals surface area contributed by atoms with Crippen molar-refractivity contribution >= 4 is 11.8 Å². The van der Waals surface area contributed by atoms with E-state index in [0.29, 0.717) is 36.8 Å². The van der Waals surface area contributed by atoms with E-state index in [-0.39, 0.29) is 12.2 Å². The van der Waals surface area contributed by atoms with Gasteiger partial charge in [0.1, 0.15) is 23.4 Å². The van der Waals surface area contributed by atoms with E-state index in [2.05, 4.69) is 17.4 Å². The summed E-state index contributed by atoms with van der Waals surface area (Å²) in [4.78, 5) is 19.1. The van der Waals surface area contributed by atoms with Gasteiger partial charge in [0.2, 0.25) is 0 Å². The number of aromatic nitrogens is 1.